The SMILES string of the molecule is COc1cc(CN2CCNCC2)cc(F)c1S(C)(=O)=O. The smallest absolute Gasteiger partial charge is 0.182 e. The maximum atomic E-state index is 14.1. The van der Waals surface area contributed by atoms with E-state index in [9.17, 15) is 12.8 Å². The Labute approximate surface area is 118 Å². The zero-order valence-electron chi connectivity index (χ0n) is 11.6. The molecule has 0 bridgehead atoms. The zero-order chi connectivity index (χ0) is 14.8. The summed E-state index contributed by atoms with van der Waals surface area (Å²) >= 11 is 0. The molecule has 0 spiro atoms. The maximum absolute atomic E-state index is 14.1. The van der Waals surface area contributed by atoms with E-state index >= 15 is 0 Å². The molecule has 0 aliphatic carbocycles. The Morgan fingerprint density at radius 1 is 1.35 bits per heavy atom. The molecule has 2 rings (SSSR count). The van der Waals surface area contributed by atoms with E-state index in [0.717, 1.165) is 32.4 Å². The van der Waals surface area contributed by atoms with E-state index < -0.39 is 15.7 Å². The summed E-state index contributed by atoms with van der Waals surface area (Å²) in [5.41, 5.74) is 0.716. The first-order chi connectivity index (χ1) is 9.41. The molecule has 0 radical (unpaired) electrons. The van der Waals surface area contributed by atoms with Gasteiger partial charge in [0.25, 0.3) is 0 Å². The third-order valence-corrected chi connectivity index (χ3v) is 4.41. The van der Waals surface area contributed by atoms with E-state index in [0.29, 0.717) is 12.1 Å². The number of benzene rings is 1. The summed E-state index contributed by atoms with van der Waals surface area (Å²) in [6.45, 7) is 4.16. The molecule has 1 aromatic carbocycles. The van der Waals surface area contributed by atoms with Crippen LogP contribution in [0.25, 0.3) is 0 Å². The van der Waals surface area contributed by atoms with Gasteiger partial charge < -0.3 is 10.1 Å². The second-order valence-corrected chi connectivity index (χ2v) is 6.86. The van der Waals surface area contributed by atoms with Crippen LogP contribution in [0.15, 0.2) is 17.0 Å². The highest BCUT2D eigenvalue weighted by atomic mass is 32.2. The molecule has 0 unspecified atom stereocenters. The fraction of sp³-hybridized carbons (Fsp3) is 0.538. The molecule has 1 saturated heterocycles. The number of piperazine rings is 1. The fourth-order valence-corrected chi connectivity index (χ4v) is 3.27. The standard InChI is InChI=1S/C13H19FN2O3S/c1-19-12-8-10(9-16-5-3-15-4-6-16)7-11(14)13(12)20(2,17)18/h7-8,15H,3-6,9H2,1-2H3. The van der Waals surface area contributed by atoms with Crippen molar-refractivity contribution in [3.8, 4) is 5.75 Å². The Hall–Kier alpha value is -1.18. The van der Waals surface area contributed by atoms with Crippen molar-refractivity contribution in [3.63, 3.8) is 0 Å². The predicted molar refractivity (Wildman–Crippen MR) is 74.2 cm³/mol. The third-order valence-electron chi connectivity index (χ3n) is 3.28. The largest absolute Gasteiger partial charge is 0.495 e. The van der Waals surface area contributed by atoms with Crippen molar-refractivity contribution < 1.29 is 17.5 Å². The maximum Gasteiger partial charge on any atom is 0.182 e. The molecule has 1 aromatic rings. The first-order valence-corrected chi connectivity index (χ1v) is 8.30. The van der Waals surface area contributed by atoms with Gasteiger partial charge in [0, 0.05) is 39.0 Å². The minimum absolute atomic E-state index is 0.0673. The number of hydrogen-bond donors (Lipinski definition) is 1. The fourth-order valence-electron chi connectivity index (χ4n) is 2.35. The molecular formula is C13H19FN2O3S. The van der Waals surface area contributed by atoms with Crippen molar-refractivity contribution in [1.29, 1.82) is 0 Å². The molecule has 1 aliphatic heterocycles. The first kappa shape index (κ1) is 15.2. The van der Waals surface area contributed by atoms with Crippen LogP contribution in [0.3, 0.4) is 0 Å². The number of methoxy groups -OCH3 is 1. The van der Waals surface area contributed by atoms with E-state index in [4.69, 9.17) is 4.74 Å². The second-order valence-electron chi connectivity index (χ2n) is 4.91. The van der Waals surface area contributed by atoms with Gasteiger partial charge in [0.2, 0.25) is 0 Å². The summed E-state index contributed by atoms with van der Waals surface area (Å²) in [5.74, 6) is -0.686. The Balaban J connectivity index is 2.30. The van der Waals surface area contributed by atoms with Gasteiger partial charge in [0.1, 0.15) is 16.5 Å². The van der Waals surface area contributed by atoms with Crippen molar-refractivity contribution in [3.05, 3.63) is 23.5 Å². The molecule has 112 valence electrons. The van der Waals surface area contributed by atoms with Crippen molar-refractivity contribution in [1.82, 2.24) is 10.2 Å². The quantitative estimate of drug-likeness (QED) is 0.885. The van der Waals surface area contributed by atoms with Crippen molar-refractivity contribution >= 4 is 9.84 Å². The minimum Gasteiger partial charge on any atom is -0.495 e. The van der Waals surface area contributed by atoms with Gasteiger partial charge in [-0.3, -0.25) is 4.90 Å². The van der Waals surface area contributed by atoms with Crippen LogP contribution in [-0.4, -0.2) is 52.9 Å². The van der Waals surface area contributed by atoms with Crippen molar-refractivity contribution in [2.75, 3.05) is 39.5 Å². The molecule has 20 heavy (non-hydrogen) atoms. The van der Waals surface area contributed by atoms with Gasteiger partial charge >= 0.3 is 0 Å². The molecule has 1 fully saturated rings. The Morgan fingerprint density at radius 3 is 2.55 bits per heavy atom. The molecule has 1 aliphatic rings. The van der Waals surface area contributed by atoms with Crippen LogP contribution in [0.4, 0.5) is 4.39 Å². The number of sulfone groups is 1. The molecule has 5 nitrogen and oxygen atoms in total. The summed E-state index contributed by atoms with van der Waals surface area (Å²) in [6.07, 6.45) is 0.976. The lowest BCUT2D eigenvalue weighted by molar-refractivity contribution is 0.232. The van der Waals surface area contributed by atoms with Crippen LogP contribution < -0.4 is 10.1 Å². The zero-order valence-corrected chi connectivity index (χ0v) is 12.5. The Bertz CT molecular complexity index is 584. The molecule has 0 amide bonds. The number of nitrogens with zero attached hydrogens (tertiary/aromatic N) is 1. The third kappa shape index (κ3) is 3.47. The summed E-state index contributed by atoms with van der Waals surface area (Å²) < 4.78 is 42.3. The topological polar surface area (TPSA) is 58.6 Å². The van der Waals surface area contributed by atoms with Crippen LogP contribution in [0, 0.1) is 5.82 Å². The highest BCUT2D eigenvalue weighted by molar-refractivity contribution is 7.90. The lowest BCUT2D eigenvalue weighted by Gasteiger charge is -2.27. The highest BCUT2D eigenvalue weighted by Crippen LogP contribution is 2.28. The summed E-state index contributed by atoms with van der Waals surface area (Å²) in [7, 11) is -2.30. The van der Waals surface area contributed by atoms with E-state index in [2.05, 4.69) is 10.2 Å². The van der Waals surface area contributed by atoms with Gasteiger partial charge in [-0.25, -0.2) is 12.8 Å². The molecule has 1 heterocycles. The normalized spacial score (nSPS) is 17.1. The molecule has 7 heteroatoms. The number of rotatable bonds is 4. The summed E-state index contributed by atoms with van der Waals surface area (Å²) in [6, 6.07) is 2.88. The summed E-state index contributed by atoms with van der Waals surface area (Å²) in [5, 5.41) is 3.24. The number of halogens is 1. The molecule has 1 N–H and O–H groups in total. The molecule has 0 saturated carbocycles. The molecular weight excluding hydrogens is 283 g/mol. The highest BCUT2D eigenvalue weighted by Gasteiger charge is 2.22. The van der Waals surface area contributed by atoms with E-state index in [1.165, 1.54) is 13.2 Å². The van der Waals surface area contributed by atoms with E-state index in [1.54, 1.807) is 6.07 Å². The van der Waals surface area contributed by atoms with Crippen molar-refractivity contribution in [2.24, 2.45) is 0 Å². The summed E-state index contributed by atoms with van der Waals surface area (Å²) in [4.78, 5) is 1.81. The van der Waals surface area contributed by atoms with Crippen LogP contribution in [0.1, 0.15) is 5.56 Å². The van der Waals surface area contributed by atoms with Crippen LogP contribution >= 0.6 is 0 Å². The Kier molecular flexibility index (Phi) is 4.62. The average Bonchev–Trinajstić information content (AvgIpc) is 2.37. The lowest BCUT2D eigenvalue weighted by atomic mass is 10.2. The number of nitrogens with one attached hydrogen (secondary N) is 1. The minimum atomic E-state index is -3.65. The first-order valence-electron chi connectivity index (χ1n) is 6.41. The lowest BCUT2D eigenvalue weighted by Crippen LogP contribution is -2.42. The van der Waals surface area contributed by atoms with Crippen LogP contribution in [-0.2, 0) is 16.4 Å². The van der Waals surface area contributed by atoms with Gasteiger partial charge in [0.05, 0.1) is 7.11 Å². The van der Waals surface area contributed by atoms with Gasteiger partial charge in [-0.2, -0.15) is 0 Å². The monoisotopic (exact) mass is 302 g/mol. The Morgan fingerprint density at radius 2 is 2.00 bits per heavy atom. The average molecular weight is 302 g/mol. The second kappa shape index (κ2) is 6.07. The van der Waals surface area contributed by atoms with Gasteiger partial charge in [-0.15, -0.1) is 0 Å². The van der Waals surface area contributed by atoms with Gasteiger partial charge in [0.15, 0.2) is 9.84 Å². The molecule has 0 atom stereocenters. The number of hydrogen-bond acceptors (Lipinski definition) is 5. The van der Waals surface area contributed by atoms with Gasteiger partial charge in [-0.1, -0.05) is 0 Å². The van der Waals surface area contributed by atoms with Gasteiger partial charge in [-0.05, 0) is 17.7 Å². The van der Waals surface area contributed by atoms with E-state index in [-0.39, 0.29) is 10.6 Å². The van der Waals surface area contributed by atoms with Crippen LogP contribution in [0.5, 0.6) is 5.75 Å². The molecule has 0 aromatic heterocycles. The number of ether oxygens (including phenoxy) is 1. The van der Waals surface area contributed by atoms with Crippen LogP contribution in [0.2, 0.25) is 0 Å². The van der Waals surface area contributed by atoms with E-state index in [1.807, 2.05) is 0 Å². The predicted octanol–water partition coefficient (Wildman–Crippen LogP) is 0.643. The van der Waals surface area contributed by atoms with Crippen molar-refractivity contribution in [2.45, 2.75) is 11.4 Å².